The minimum atomic E-state index is -0.288. The number of amides is 1. The van der Waals surface area contributed by atoms with Crippen molar-refractivity contribution in [3.8, 4) is 5.75 Å². The Bertz CT molecular complexity index is 781. The van der Waals surface area contributed by atoms with E-state index < -0.39 is 0 Å². The van der Waals surface area contributed by atoms with Crippen molar-refractivity contribution in [3.63, 3.8) is 0 Å². The van der Waals surface area contributed by atoms with Crippen LogP contribution in [0.25, 0.3) is 0 Å². The number of aromatic nitrogens is 3. The van der Waals surface area contributed by atoms with Crippen LogP contribution in [0.15, 0.2) is 23.4 Å². The van der Waals surface area contributed by atoms with Gasteiger partial charge in [-0.2, -0.15) is 0 Å². The van der Waals surface area contributed by atoms with Crippen LogP contribution >= 0.6 is 11.8 Å². The monoisotopic (exact) mass is 389 g/mol. The number of benzene rings is 1. The van der Waals surface area contributed by atoms with Gasteiger partial charge in [-0.1, -0.05) is 42.8 Å². The van der Waals surface area contributed by atoms with Crippen LogP contribution in [0.2, 0.25) is 0 Å². The number of nitrogens with zero attached hydrogens (tertiary/aromatic N) is 3. The van der Waals surface area contributed by atoms with Gasteiger partial charge in [0, 0.05) is 6.04 Å². The molecule has 1 aliphatic carbocycles. The van der Waals surface area contributed by atoms with E-state index in [9.17, 15) is 4.79 Å². The third-order valence-electron chi connectivity index (χ3n) is 4.84. The zero-order valence-corrected chi connectivity index (χ0v) is 16.9. The molecular weight excluding hydrogens is 362 g/mol. The SMILES string of the molecule is Cc1cccc(C)c1OCc1nnc(SC(C)C(=O)NC2CCCC2)n1N. The summed E-state index contributed by atoms with van der Waals surface area (Å²) in [7, 11) is 0. The molecule has 3 rings (SSSR count). The first kappa shape index (κ1) is 19.5. The number of ether oxygens (including phenoxy) is 1. The summed E-state index contributed by atoms with van der Waals surface area (Å²) in [6.07, 6.45) is 4.51. The molecule has 1 fully saturated rings. The Kier molecular flexibility index (Phi) is 6.26. The molecule has 27 heavy (non-hydrogen) atoms. The molecule has 0 spiro atoms. The second kappa shape index (κ2) is 8.65. The van der Waals surface area contributed by atoms with Crippen molar-refractivity contribution in [2.24, 2.45) is 0 Å². The maximum absolute atomic E-state index is 12.4. The third kappa shape index (κ3) is 4.74. The summed E-state index contributed by atoms with van der Waals surface area (Å²) in [6.45, 7) is 6.08. The lowest BCUT2D eigenvalue weighted by Crippen LogP contribution is -2.37. The summed E-state index contributed by atoms with van der Waals surface area (Å²) < 4.78 is 7.30. The summed E-state index contributed by atoms with van der Waals surface area (Å²) in [5.41, 5.74) is 2.12. The molecular formula is C19H27N5O2S. The zero-order chi connectivity index (χ0) is 19.4. The summed E-state index contributed by atoms with van der Waals surface area (Å²) in [4.78, 5) is 12.4. The highest BCUT2D eigenvalue weighted by Gasteiger charge is 2.23. The van der Waals surface area contributed by atoms with Crippen molar-refractivity contribution in [1.29, 1.82) is 0 Å². The first-order chi connectivity index (χ1) is 13.0. The van der Waals surface area contributed by atoms with Gasteiger partial charge < -0.3 is 15.9 Å². The van der Waals surface area contributed by atoms with Gasteiger partial charge in [0.25, 0.3) is 0 Å². The molecule has 8 heteroatoms. The van der Waals surface area contributed by atoms with Gasteiger partial charge in [0.15, 0.2) is 5.82 Å². The van der Waals surface area contributed by atoms with Gasteiger partial charge >= 0.3 is 0 Å². The smallest absolute Gasteiger partial charge is 0.233 e. The van der Waals surface area contributed by atoms with Crippen LogP contribution in [0.4, 0.5) is 0 Å². The predicted octanol–water partition coefficient (Wildman–Crippen LogP) is 2.73. The Morgan fingerprint density at radius 2 is 2.00 bits per heavy atom. The average molecular weight is 390 g/mol. The maximum Gasteiger partial charge on any atom is 0.233 e. The van der Waals surface area contributed by atoms with Crippen LogP contribution in [-0.2, 0) is 11.4 Å². The fourth-order valence-corrected chi connectivity index (χ4v) is 4.05. The summed E-state index contributed by atoms with van der Waals surface area (Å²) in [6, 6.07) is 6.30. The highest BCUT2D eigenvalue weighted by atomic mass is 32.2. The second-order valence-electron chi connectivity index (χ2n) is 7.03. The van der Waals surface area contributed by atoms with Crippen molar-refractivity contribution >= 4 is 17.7 Å². The molecule has 0 saturated heterocycles. The number of carbonyl (C=O) groups is 1. The molecule has 2 aromatic rings. The lowest BCUT2D eigenvalue weighted by Gasteiger charge is -2.16. The Balaban J connectivity index is 1.58. The van der Waals surface area contributed by atoms with E-state index in [1.165, 1.54) is 29.3 Å². The molecule has 1 aromatic heterocycles. The van der Waals surface area contributed by atoms with Gasteiger partial charge in [-0.15, -0.1) is 10.2 Å². The Morgan fingerprint density at radius 1 is 1.33 bits per heavy atom. The molecule has 1 aliphatic rings. The molecule has 1 aromatic carbocycles. The molecule has 146 valence electrons. The van der Waals surface area contributed by atoms with E-state index in [-0.39, 0.29) is 17.8 Å². The van der Waals surface area contributed by atoms with Gasteiger partial charge in [0.1, 0.15) is 12.4 Å². The van der Waals surface area contributed by atoms with E-state index in [0.717, 1.165) is 29.7 Å². The number of hydrogen-bond acceptors (Lipinski definition) is 6. The second-order valence-corrected chi connectivity index (χ2v) is 8.34. The number of rotatable bonds is 7. The van der Waals surface area contributed by atoms with Crippen molar-refractivity contribution in [1.82, 2.24) is 20.2 Å². The number of aryl methyl sites for hydroxylation is 2. The number of thioether (sulfide) groups is 1. The van der Waals surface area contributed by atoms with Crippen LogP contribution in [-0.4, -0.2) is 32.1 Å². The van der Waals surface area contributed by atoms with Gasteiger partial charge in [0.05, 0.1) is 5.25 Å². The fourth-order valence-electron chi connectivity index (χ4n) is 3.25. The molecule has 0 aliphatic heterocycles. The number of carbonyl (C=O) groups excluding carboxylic acids is 1. The van der Waals surface area contributed by atoms with Gasteiger partial charge in [-0.25, -0.2) is 4.68 Å². The van der Waals surface area contributed by atoms with Crippen LogP contribution < -0.4 is 15.9 Å². The molecule has 1 amide bonds. The summed E-state index contributed by atoms with van der Waals surface area (Å²) >= 11 is 1.31. The van der Waals surface area contributed by atoms with Gasteiger partial charge in [0.2, 0.25) is 11.1 Å². The third-order valence-corrected chi connectivity index (χ3v) is 5.90. The maximum atomic E-state index is 12.4. The van der Waals surface area contributed by atoms with E-state index in [0.29, 0.717) is 17.0 Å². The quantitative estimate of drug-likeness (QED) is 0.558. The lowest BCUT2D eigenvalue weighted by atomic mass is 10.1. The Labute approximate surface area is 164 Å². The topological polar surface area (TPSA) is 95.1 Å². The number of nitrogens with two attached hydrogens (primary N) is 1. The number of hydrogen-bond donors (Lipinski definition) is 2. The fraction of sp³-hybridized carbons (Fsp3) is 0.526. The van der Waals surface area contributed by atoms with Crippen molar-refractivity contribution in [2.75, 3.05) is 5.84 Å². The van der Waals surface area contributed by atoms with Crippen molar-refractivity contribution < 1.29 is 9.53 Å². The first-order valence-electron chi connectivity index (χ1n) is 9.31. The van der Waals surface area contributed by atoms with E-state index in [4.69, 9.17) is 10.6 Å². The molecule has 1 unspecified atom stereocenters. The standard InChI is InChI=1S/C19H27N5O2S/c1-12-7-6-8-13(2)17(12)26-11-16-22-23-19(24(16)20)27-14(3)18(25)21-15-9-4-5-10-15/h6-8,14-15H,4-5,9-11,20H2,1-3H3,(H,21,25). The van der Waals surface area contributed by atoms with E-state index in [1.54, 1.807) is 0 Å². The largest absolute Gasteiger partial charge is 0.485 e. The van der Waals surface area contributed by atoms with Crippen LogP contribution in [0, 0.1) is 13.8 Å². The molecule has 1 saturated carbocycles. The first-order valence-corrected chi connectivity index (χ1v) is 10.2. The Hall–Kier alpha value is -2.22. The van der Waals surface area contributed by atoms with Crippen molar-refractivity contribution in [3.05, 3.63) is 35.2 Å². The van der Waals surface area contributed by atoms with Crippen LogP contribution in [0.5, 0.6) is 5.75 Å². The number of nitrogens with one attached hydrogen (secondary N) is 1. The number of para-hydroxylation sites is 1. The summed E-state index contributed by atoms with van der Waals surface area (Å²) in [5.74, 6) is 7.48. The van der Waals surface area contributed by atoms with Gasteiger partial charge in [-0.05, 0) is 44.7 Å². The minimum Gasteiger partial charge on any atom is -0.485 e. The highest BCUT2D eigenvalue weighted by Crippen LogP contribution is 2.25. The van der Waals surface area contributed by atoms with E-state index in [1.807, 2.05) is 39.0 Å². The molecule has 3 N–H and O–H groups in total. The molecule has 0 bridgehead atoms. The predicted molar refractivity (Wildman–Crippen MR) is 106 cm³/mol. The molecule has 1 heterocycles. The summed E-state index contributed by atoms with van der Waals surface area (Å²) in [5, 5.41) is 11.6. The normalized spacial score (nSPS) is 15.7. The number of nitrogen functional groups attached to an aromatic ring is 1. The molecule has 1 atom stereocenters. The van der Waals surface area contributed by atoms with E-state index in [2.05, 4.69) is 15.5 Å². The minimum absolute atomic E-state index is 0.0169. The lowest BCUT2D eigenvalue weighted by molar-refractivity contribution is -0.120. The van der Waals surface area contributed by atoms with Crippen LogP contribution in [0.1, 0.15) is 49.6 Å². The Morgan fingerprint density at radius 3 is 2.67 bits per heavy atom. The molecule has 0 radical (unpaired) electrons. The average Bonchev–Trinajstić information content (AvgIpc) is 3.26. The highest BCUT2D eigenvalue weighted by molar-refractivity contribution is 8.00. The van der Waals surface area contributed by atoms with Gasteiger partial charge in [-0.3, -0.25) is 4.79 Å². The van der Waals surface area contributed by atoms with Crippen LogP contribution in [0.3, 0.4) is 0 Å². The van der Waals surface area contributed by atoms with E-state index >= 15 is 0 Å². The molecule has 7 nitrogen and oxygen atoms in total. The van der Waals surface area contributed by atoms with Crippen molar-refractivity contribution in [2.45, 2.75) is 69.5 Å². The zero-order valence-electron chi connectivity index (χ0n) is 16.1.